The van der Waals surface area contributed by atoms with Crippen LogP contribution in [0.4, 0.5) is 11.4 Å². The molecule has 0 saturated heterocycles. The van der Waals surface area contributed by atoms with Crippen LogP contribution in [-0.2, 0) is 17.6 Å². The average Bonchev–Trinajstić information content (AvgIpc) is 3.57. The van der Waals surface area contributed by atoms with Crippen LogP contribution in [0.2, 0.25) is 0 Å². The fraction of sp³-hybridized carbons (Fsp3) is 0.346. The van der Waals surface area contributed by atoms with Crippen molar-refractivity contribution < 1.29 is 19.6 Å². The number of nitro groups is 1. The van der Waals surface area contributed by atoms with Crippen LogP contribution in [0, 0.1) is 10.1 Å². The number of carbonyl (C=O) groups excluding carboxylic acids is 1. The summed E-state index contributed by atoms with van der Waals surface area (Å²) in [6.45, 7) is 3.46. The van der Waals surface area contributed by atoms with Crippen molar-refractivity contribution in [3.05, 3.63) is 75.8 Å². The van der Waals surface area contributed by atoms with E-state index in [0.29, 0.717) is 17.4 Å². The number of aliphatic hydroxyl groups excluding tert-OH is 1. The Bertz CT molecular complexity index is 1230. The Hall–Kier alpha value is -3.49. The molecular formula is C26H29N3O5. The van der Waals surface area contributed by atoms with Crippen LogP contribution >= 0.6 is 0 Å². The van der Waals surface area contributed by atoms with Gasteiger partial charge in [-0.05, 0) is 54.7 Å². The largest absolute Gasteiger partial charge is 0.485 e. The van der Waals surface area contributed by atoms with Gasteiger partial charge in [-0.25, -0.2) is 0 Å². The lowest BCUT2D eigenvalue weighted by Crippen LogP contribution is -2.46. The summed E-state index contributed by atoms with van der Waals surface area (Å²) in [6.07, 6.45) is 2.14. The third-order valence-corrected chi connectivity index (χ3v) is 6.09. The Morgan fingerprint density at radius 2 is 1.88 bits per heavy atom. The smallest absolute Gasteiger partial charge is 0.296 e. The zero-order chi connectivity index (χ0) is 24.5. The van der Waals surface area contributed by atoms with E-state index in [0.717, 1.165) is 16.3 Å². The monoisotopic (exact) mass is 463 g/mol. The van der Waals surface area contributed by atoms with Crippen LogP contribution in [0.25, 0.3) is 10.8 Å². The summed E-state index contributed by atoms with van der Waals surface area (Å²) in [5.74, 6) is -0.00365. The third-order valence-electron chi connectivity index (χ3n) is 6.09. The van der Waals surface area contributed by atoms with Crippen molar-refractivity contribution in [1.29, 1.82) is 0 Å². The van der Waals surface area contributed by atoms with Crippen molar-refractivity contribution in [2.24, 2.45) is 5.73 Å². The summed E-state index contributed by atoms with van der Waals surface area (Å²) < 4.78 is 5.76. The number of nitro benzene ring substituents is 1. The molecule has 1 fully saturated rings. The maximum Gasteiger partial charge on any atom is 0.296 e. The lowest BCUT2D eigenvalue weighted by molar-refractivity contribution is -0.384. The topological polar surface area (TPSA) is 128 Å². The van der Waals surface area contributed by atoms with E-state index in [2.05, 4.69) is 5.32 Å². The lowest BCUT2D eigenvalue weighted by Gasteiger charge is -2.37. The van der Waals surface area contributed by atoms with Crippen LogP contribution in [-0.4, -0.2) is 33.7 Å². The number of hydrogen-bond acceptors (Lipinski definition) is 6. The molecule has 1 unspecified atom stereocenters. The minimum atomic E-state index is -0.847. The molecule has 2 aliphatic rings. The van der Waals surface area contributed by atoms with Crippen molar-refractivity contribution >= 4 is 28.1 Å². The Labute approximate surface area is 197 Å². The molecule has 8 heteroatoms. The number of amides is 1. The highest BCUT2D eigenvalue weighted by atomic mass is 16.6. The molecular weight excluding hydrogens is 434 g/mol. The van der Waals surface area contributed by atoms with Crippen LogP contribution < -0.4 is 15.8 Å². The van der Waals surface area contributed by atoms with Crippen LogP contribution in [0.5, 0.6) is 5.75 Å². The van der Waals surface area contributed by atoms with Gasteiger partial charge in [0.25, 0.3) is 5.69 Å². The molecule has 0 radical (unpaired) electrons. The standard InChI is InChI=1S/C23H22N2O5.C3H7N/c1-23(2)21(26)11-16-10-18(19(25(28)29)13-20(16)30-23)24-22(27)12-15-8-5-7-14-6-3-4-9-17(14)15;4-3-1-2-3/h3-10,13,21,26H,11-12H2,1-2H3,(H,24,27);3H,1-2,4H2. The van der Waals surface area contributed by atoms with E-state index in [-0.39, 0.29) is 30.1 Å². The third kappa shape index (κ3) is 5.35. The first-order valence-corrected chi connectivity index (χ1v) is 11.3. The molecule has 1 heterocycles. The number of nitrogens with one attached hydrogen (secondary N) is 1. The lowest BCUT2D eigenvalue weighted by atomic mass is 9.90. The average molecular weight is 464 g/mol. The van der Waals surface area contributed by atoms with Crippen LogP contribution in [0.15, 0.2) is 54.6 Å². The van der Waals surface area contributed by atoms with Gasteiger partial charge in [0.15, 0.2) is 0 Å². The van der Waals surface area contributed by atoms with E-state index in [9.17, 15) is 20.0 Å². The van der Waals surface area contributed by atoms with Gasteiger partial charge in [-0.3, -0.25) is 14.9 Å². The number of nitrogens with two attached hydrogens (primary N) is 1. The van der Waals surface area contributed by atoms with E-state index in [1.165, 1.54) is 25.0 Å². The maximum atomic E-state index is 12.7. The second-order valence-corrected chi connectivity index (χ2v) is 9.36. The van der Waals surface area contributed by atoms with Gasteiger partial charge >= 0.3 is 0 Å². The molecule has 8 nitrogen and oxygen atoms in total. The molecule has 0 bridgehead atoms. The van der Waals surface area contributed by atoms with Gasteiger partial charge in [0.2, 0.25) is 5.91 Å². The fourth-order valence-electron chi connectivity index (χ4n) is 3.84. The number of aliphatic hydroxyl groups is 1. The van der Waals surface area contributed by atoms with Gasteiger partial charge in [-0.15, -0.1) is 0 Å². The van der Waals surface area contributed by atoms with Gasteiger partial charge in [0.1, 0.15) is 17.0 Å². The molecule has 5 rings (SSSR count). The van der Waals surface area contributed by atoms with Crippen LogP contribution in [0.1, 0.15) is 37.8 Å². The number of nitrogens with zero attached hydrogens (tertiary/aromatic N) is 1. The van der Waals surface area contributed by atoms with Gasteiger partial charge in [-0.2, -0.15) is 0 Å². The summed E-state index contributed by atoms with van der Waals surface area (Å²) >= 11 is 0. The van der Waals surface area contributed by atoms with Crippen molar-refractivity contribution in [2.45, 2.75) is 57.3 Å². The number of ether oxygens (including phenoxy) is 1. The molecule has 1 atom stereocenters. The predicted octanol–water partition coefficient (Wildman–Crippen LogP) is 4.11. The van der Waals surface area contributed by atoms with E-state index in [1.807, 2.05) is 42.5 Å². The van der Waals surface area contributed by atoms with Gasteiger partial charge in [0, 0.05) is 12.5 Å². The zero-order valence-corrected chi connectivity index (χ0v) is 19.3. The number of rotatable bonds is 4. The van der Waals surface area contributed by atoms with Crippen molar-refractivity contribution in [3.8, 4) is 5.75 Å². The molecule has 1 saturated carbocycles. The summed E-state index contributed by atoms with van der Waals surface area (Å²) in [4.78, 5) is 23.8. The number of hydrogen-bond donors (Lipinski definition) is 3. The van der Waals surface area contributed by atoms with Gasteiger partial charge < -0.3 is 20.9 Å². The highest BCUT2D eigenvalue weighted by Gasteiger charge is 2.37. The number of benzene rings is 3. The van der Waals surface area contributed by atoms with Crippen molar-refractivity contribution in [1.82, 2.24) is 0 Å². The molecule has 0 aromatic heterocycles. The molecule has 34 heavy (non-hydrogen) atoms. The normalized spacial score (nSPS) is 18.2. The summed E-state index contributed by atoms with van der Waals surface area (Å²) in [5, 5.41) is 26.5. The van der Waals surface area contributed by atoms with E-state index in [4.69, 9.17) is 10.5 Å². The Morgan fingerprint density at radius 1 is 1.21 bits per heavy atom. The van der Waals surface area contributed by atoms with E-state index >= 15 is 0 Å². The van der Waals surface area contributed by atoms with Crippen LogP contribution in [0.3, 0.4) is 0 Å². The summed E-state index contributed by atoms with van der Waals surface area (Å²) in [7, 11) is 0. The number of anilines is 1. The summed E-state index contributed by atoms with van der Waals surface area (Å²) in [6, 6.07) is 16.9. The molecule has 178 valence electrons. The molecule has 1 aliphatic carbocycles. The summed E-state index contributed by atoms with van der Waals surface area (Å²) in [5.41, 5.74) is 5.69. The molecule has 0 spiro atoms. The first-order valence-electron chi connectivity index (χ1n) is 11.3. The number of carbonyl (C=O) groups is 1. The first kappa shape index (κ1) is 23.7. The molecule has 4 N–H and O–H groups in total. The maximum absolute atomic E-state index is 12.7. The van der Waals surface area contributed by atoms with Gasteiger partial charge in [0.05, 0.1) is 23.5 Å². The minimum Gasteiger partial charge on any atom is -0.485 e. The SMILES string of the molecule is CC1(C)Oc2cc([N+](=O)[O-])c(NC(=O)Cc3cccc4ccccc34)cc2CC1O.NC1CC1. The first-order chi connectivity index (χ1) is 16.1. The highest BCUT2D eigenvalue weighted by Crippen LogP contribution is 2.39. The Kier molecular flexibility index (Phi) is 6.54. The predicted molar refractivity (Wildman–Crippen MR) is 131 cm³/mol. The second-order valence-electron chi connectivity index (χ2n) is 9.36. The van der Waals surface area contributed by atoms with Crippen molar-refractivity contribution in [2.75, 3.05) is 5.32 Å². The van der Waals surface area contributed by atoms with Crippen molar-refractivity contribution in [3.63, 3.8) is 0 Å². The Morgan fingerprint density at radius 3 is 2.56 bits per heavy atom. The molecule has 1 aliphatic heterocycles. The molecule has 3 aromatic carbocycles. The fourth-order valence-corrected chi connectivity index (χ4v) is 3.84. The zero-order valence-electron chi connectivity index (χ0n) is 19.3. The number of fused-ring (bicyclic) bond motifs is 2. The quantitative estimate of drug-likeness (QED) is 0.395. The van der Waals surface area contributed by atoms with E-state index < -0.39 is 16.6 Å². The van der Waals surface area contributed by atoms with Gasteiger partial charge in [-0.1, -0.05) is 42.5 Å². The highest BCUT2D eigenvalue weighted by molar-refractivity contribution is 5.97. The Balaban J connectivity index is 0.000000620. The molecule has 3 aromatic rings. The van der Waals surface area contributed by atoms with E-state index in [1.54, 1.807) is 13.8 Å². The minimum absolute atomic E-state index is 0.0851. The molecule has 1 amide bonds. The second kappa shape index (κ2) is 9.40.